The Labute approximate surface area is 274 Å². The van der Waals surface area contributed by atoms with Crippen LogP contribution in [0.4, 0.5) is 0 Å². The normalized spacial score (nSPS) is 27.1. The fourth-order valence-electron chi connectivity index (χ4n) is 4.99. The first-order valence-electron chi connectivity index (χ1n) is 14.5. The summed E-state index contributed by atoms with van der Waals surface area (Å²) in [5.41, 5.74) is 1.21. The molecule has 48 heavy (non-hydrogen) atoms. The molecule has 2 aliphatic rings. The van der Waals surface area contributed by atoms with Crippen molar-refractivity contribution in [3.63, 3.8) is 0 Å². The molecule has 0 unspecified atom stereocenters. The summed E-state index contributed by atoms with van der Waals surface area (Å²) >= 11 is 0. The van der Waals surface area contributed by atoms with Gasteiger partial charge in [-0.25, -0.2) is 9.59 Å². The number of phenolic OH excluding ortho intramolecular Hbond substituents is 2. The Balaban J connectivity index is 1.50. The molecular weight excluding hydrogens is 640 g/mol. The van der Waals surface area contributed by atoms with Crippen molar-refractivity contribution in [1.29, 1.82) is 0 Å². The second-order valence-corrected chi connectivity index (χ2v) is 10.7. The maximum Gasteiger partial charge on any atom is 0.330 e. The minimum absolute atomic E-state index is 0.0486. The third kappa shape index (κ3) is 8.23. The molecule has 8 atom stereocenters. The molecule has 0 aliphatic carbocycles. The lowest BCUT2D eigenvalue weighted by atomic mass is 9.98. The Morgan fingerprint density at radius 1 is 0.646 bits per heavy atom. The fraction of sp³-hybridized carbons (Fsp3) is 0.438. The Kier molecular flexibility index (Phi) is 12.4. The molecule has 0 bridgehead atoms. The van der Waals surface area contributed by atoms with Crippen LogP contribution in [-0.2, 0) is 38.0 Å². The lowest BCUT2D eigenvalue weighted by Gasteiger charge is -2.14. The van der Waals surface area contributed by atoms with E-state index in [1.54, 1.807) is 0 Å². The van der Waals surface area contributed by atoms with E-state index in [1.807, 2.05) is 0 Å². The lowest BCUT2D eigenvalue weighted by Crippen LogP contribution is -2.35. The molecule has 2 fully saturated rings. The third-order valence-electron chi connectivity index (χ3n) is 7.66. The highest BCUT2D eigenvalue weighted by molar-refractivity contribution is 5.90. The zero-order chi connectivity index (χ0) is 35.1. The van der Waals surface area contributed by atoms with Crippen molar-refractivity contribution in [3.8, 4) is 34.1 Å². The lowest BCUT2D eigenvalue weighted by molar-refractivity contribution is -0.162. The van der Waals surface area contributed by atoms with Crippen LogP contribution in [0.5, 0.6) is 23.0 Å². The number of hydrogen-bond donors (Lipinski definition) is 6. The van der Waals surface area contributed by atoms with Crippen LogP contribution in [0.25, 0.3) is 23.3 Å². The topological polar surface area (TPSA) is 229 Å². The molecular formula is C32H38O16. The highest BCUT2D eigenvalue weighted by atomic mass is 16.7. The van der Waals surface area contributed by atoms with Crippen LogP contribution in [-0.4, -0.2) is 133 Å². The number of rotatable bonds is 13. The average molecular weight is 679 g/mol. The average Bonchev–Trinajstić information content (AvgIpc) is 3.53. The van der Waals surface area contributed by atoms with Crippen LogP contribution in [0.3, 0.4) is 0 Å². The summed E-state index contributed by atoms with van der Waals surface area (Å²) in [7, 11) is 5.25. The van der Waals surface area contributed by atoms with E-state index in [1.165, 1.54) is 64.9 Å². The zero-order valence-electron chi connectivity index (χ0n) is 26.4. The number of benzene rings is 2. The molecule has 2 aromatic rings. The molecule has 16 heteroatoms. The first-order valence-corrected chi connectivity index (χ1v) is 14.5. The molecule has 0 amide bonds. The van der Waals surface area contributed by atoms with E-state index in [-0.39, 0.29) is 47.3 Å². The standard InChI is InChI=1S/C32H38O16/c1-41-19-11-17(9-15(25(19)35)5-7-23(33)45-13-21-27(37)29(39)31(43-3)47-21)18-10-16(26(36)20(12-18)42-2)6-8-24(34)46-14-22-28(38)30(40)32(44-4)48-22/h5-12,21-22,27-32,35-40H,13-14H2,1-4H3/b7-5+,8-6+/t21-,22-,27-,28-,29+,30+,31+,32+/m0/s1. The highest BCUT2D eigenvalue weighted by Crippen LogP contribution is 2.40. The summed E-state index contributed by atoms with van der Waals surface area (Å²) in [5.74, 6) is -2.15. The summed E-state index contributed by atoms with van der Waals surface area (Å²) < 4.78 is 41.3. The molecule has 262 valence electrons. The molecule has 6 N–H and O–H groups in total. The second-order valence-electron chi connectivity index (χ2n) is 10.7. The largest absolute Gasteiger partial charge is 0.504 e. The molecule has 0 radical (unpaired) electrons. The first kappa shape index (κ1) is 36.6. The molecule has 0 spiro atoms. The van der Waals surface area contributed by atoms with E-state index in [2.05, 4.69) is 0 Å². The Hall–Kier alpha value is -4.26. The van der Waals surface area contributed by atoms with Gasteiger partial charge in [0.2, 0.25) is 0 Å². The van der Waals surface area contributed by atoms with Gasteiger partial charge < -0.3 is 68.5 Å². The number of carbonyl (C=O) groups excluding carboxylic acids is 2. The maximum absolute atomic E-state index is 12.4. The van der Waals surface area contributed by atoms with E-state index < -0.39 is 61.1 Å². The van der Waals surface area contributed by atoms with E-state index >= 15 is 0 Å². The minimum Gasteiger partial charge on any atom is -0.504 e. The van der Waals surface area contributed by atoms with Crippen LogP contribution < -0.4 is 9.47 Å². The third-order valence-corrected chi connectivity index (χ3v) is 7.66. The van der Waals surface area contributed by atoms with Crippen LogP contribution in [0.1, 0.15) is 11.1 Å². The quantitative estimate of drug-likeness (QED) is 0.122. The van der Waals surface area contributed by atoms with Gasteiger partial charge in [-0.2, -0.15) is 0 Å². The van der Waals surface area contributed by atoms with Crippen LogP contribution in [0, 0.1) is 0 Å². The number of methoxy groups -OCH3 is 4. The van der Waals surface area contributed by atoms with Gasteiger partial charge in [-0.1, -0.05) is 0 Å². The van der Waals surface area contributed by atoms with Gasteiger partial charge in [0.15, 0.2) is 35.6 Å². The van der Waals surface area contributed by atoms with E-state index in [0.717, 1.165) is 12.2 Å². The summed E-state index contributed by atoms with van der Waals surface area (Å²) in [6.07, 6.45) is -4.82. The zero-order valence-corrected chi connectivity index (χ0v) is 26.4. The van der Waals surface area contributed by atoms with E-state index in [4.69, 9.17) is 37.9 Å². The highest BCUT2D eigenvalue weighted by Gasteiger charge is 2.44. The van der Waals surface area contributed by atoms with Crippen LogP contribution in [0.2, 0.25) is 0 Å². The SMILES string of the molecule is COc1cc(-c2cc(/C=C/C(=O)OC[C@@H]3O[C@@H](OC)[C@H](O)[C@H]3O)c(O)c(OC)c2)cc(/C=C/C(=O)OC[C@@H]2O[C@@H](OC)[C@H](O)[C@H]2O)c1O. The molecule has 0 aromatic heterocycles. The van der Waals surface area contributed by atoms with Gasteiger partial charge in [0, 0.05) is 37.5 Å². The minimum atomic E-state index is -1.33. The molecule has 16 nitrogen and oxygen atoms in total. The number of ether oxygens (including phenoxy) is 8. The van der Waals surface area contributed by atoms with Crippen molar-refractivity contribution in [2.45, 2.75) is 49.2 Å². The number of esters is 2. The molecule has 2 saturated heterocycles. The summed E-state index contributed by atoms with van der Waals surface area (Å²) in [4.78, 5) is 24.9. The van der Waals surface area contributed by atoms with Gasteiger partial charge in [-0.3, -0.25) is 0 Å². The number of aromatic hydroxyl groups is 2. The molecule has 2 aliphatic heterocycles. The number of carbonyl (C=O) groups is 2. The van der Waals surface area contributed by atoms with Gasteiger partial charge in [0.1, 0.15) is 49.8 Å². The number of phenols is 2. The number of aliphatic hydroxyl groups is 4. The van der Waals surface area contributed by atoms with E-state index in [0.29, 0.717) is 11.1 Å². The Morgan fingerprint density at radius 2 is 1.02 bits per heavy atom. The Morgan fingerprint density at radius 3 is 1.33 bits per heavy atom. The van der Waals surface area contributed by atoms with Gasteiger partial charge in [0.25, 0.3) is 0 Å². The van der Waals surface area contributed by atoms with Gasteiger partial charge in [-0.05, 0) is 47.5 Å². The van der Waals surface area contributed by atoms with Crippen molar-refractivity contribution < 1.29 is 78.1 Å². The molecule has 0 saturated carbocycles. The molecule has 2 aromatic carbocycles. The summed E-state index contributed by atoms with van der Waals surface area (Å²) in [6, 6.07) is 6.05. The van der Waals surface area contributed by atoms with Gasteiger partial charge in [0.05, 0.1) is 14.2 Å². The first-order chi connectivity index (χ1) is 22.9. The van der Waals surface area contributed by atoms with Crippen molar-refractivity contribution >= 4 is 24.1 Å². The van der Waals surface area contributed by atoms with Crippen LogP contribution in [0.15, 0.2) is 36.4 Å². The fourth-order valence-corrected chi connectivity index (χ4v) is 4.99. The van der Waals surface area contributed by atoms with Crippen molar-refractivity contribution in [1.82, 2.24) is 0 Å². The Bertz CT molecular complexity index is 1390. The monoisotopic (exact) mass is 678 g/mol. The predicted octanol–water partition coefficient (Wildman–Crippen LogP) is 0.0810. The number of aliphatic hydroxyl groups excluding tert-OH is 4. The van der Waals surface area contributed by atoms with Crippen molar-refractivity contribution in [2.75, 3.05) is 41.7 Å². The molecule has 2 heterocycles. The van der Waals surface area contributed by atoms with Gasteiger partial charge >= 0.3 is 11.9 Å². The summed E-state index contributed by atoms with van der Waals surface area (Å²) in [6.45, 7) is -0.747. The van der Waals surface area contributed by atoms with E-state index in [9.17, 15) is 40.2 Å². The van der Waals surface area contributed by atoms with Crippen molar-refractivity contribution in [2.24, 2.45) is 0 Å². The number of hydrogen-bond acceptors (Lipinski definition) is 16. The summed E-state index contributed by atoms with van der Waals surface area (Å²) in [5, 5.41) is 61.4. The maximum atomic E-state index is 12.4. The smallest absolute Gasteiger partial charge is 0.330 e. The van der Waals surface area contributed by atoms with Crippen LogP contribution >= 0.6 is 0 Å². The molecule has 4 rings (SSSR count). The predicted molar refractivity (Wildman–Crippen MR) is 164 cm³/mol. The van der Waals surface area contributed by atoms with Crippen molar-refractivity contribution in [3.05, 3.63) is 47.5 Å². The van der Waals surface area contributed by atoms with Gasteiger partial charge in [-0.15, -0.1) is 0 Å². The second kappa shape index (κ2) is 16.2.